The maximum absolute atomic E-state index is 3.54. The second kappa shape index (κ2) is 8.31. The first-order valence-corrected chi connectivity index (χ1v) is 7.44. The third-order valence-corrected chi connectivity index (χ3v) is 4.09. The van der Waals surface area contributed by atoms with E-state index in [2.05, 4.69) is 57.4 Å². The molecule has 0 aliphatic carbocycles. The largest absolute Gasteiger partial charge is 0.316 e. The predicted octanol–water partition coefficient (Wildman–Crippen LogP) is 4.34. The Labute approximate surface area is 113 Å². The third-order valence-electron chi connectivity index (χ3n) is 4.09. The number of benzene rings is 1. The molecule has 0 radical (unpaired) electrons. The van der Waals surface area contributed by atoms with Crippen LogP contribution in [0.15, 0.2) is 24.3 Å². The molecule has 1 aromatic carbocycles. The molecule has 2 atom stereocenters. The second-order valence-corrected chi connectivity index (χ2v) is 5.34. The van der Waals surface area contributed by atoms with Crippen LogP contribution in [-0.2, 0) is 6.42 Å². The van der Waals surface area contributed by atoms with Gasteiger partial charge in [0.25, 0.3) is 0 Å². The van der Waals surface area contributed by atoms with Crippen molar-refractivity contribution in [3.8, 4) is 0 Å². The Bertz CT molecular complexity index is 332. The van der Waals surface area contributed by atoms with Gasteiger partial charge in [-0.25, -0.2) is 0 Å². The van der Waals surface area contributed by atoms with Crippen molar-refractivity contribution < 1.29 is 0 Å². The van der Waals surface area contributed by atoms with Crippen LogP contribution in [0.1, 0.15) is 50.7 Å². The van der Waals surface area contributed by atoms with Gasteiger partial charge in [-0.2, -0.15) is 0 Å². The summed E-state index contributed by atoms with van der Waals surface area (Å²) in [6.45, 7) is 6.82. The normalized spacial score (nSPS) is 14.4. The zero-order chi connectivity index (χ0) is 13.4. The lowest BCUT2D eigenvalue weighted by atomic mass is 9.86. The van der Waals surface area contributed by atoms with Crippen molar-refractivity contribution in [3.63, 3.8) is 0 Å². The van der Waals surface area contributed by atoms with Gasteiger partial charge in [0.15, 0.2) is 0 Å². The van der Waals surface area contributed by atoms with Crippen LogP contribution >= 0.6 is 0 Å². The van der Waals surface area contributed by atoms with Crippen molar-refractivity contribution in [2.45, 2.75) is 58.9 Å². The Balaban J connectivity index is 2.67. The van der Waals surface area contributed by atoms with Crippen LogP contribution in [0, 0.1) is 12.8 Å². The smallest absolute Gasteiger partial charge is 0.0133 e. The van der Waals surface area contributed by atoms with Gasteiger partial charge < -0.3 is 5.32 Å². The lowest BCUT2D eigenvalue weighted by Gasteiger charge is -2.26. The molecule has 0 amide bonds. The molecule has 0 fully saturated rings. The molecule has 1 N–H and O–H groups in total. The van der Waals surface area contributed by atoms with E-state index in [4.69, 9.17) is 0 Å². The summed E-state index contributed by atoms with van der Waals surface area (Å²) < 4.78 is 0. The molecule has 0 aliphatic heterocycles. The number of unbranched alkanes of at least 4 members (excludes halogenated alkanes) is 1. The summed E-state index contributed by atoms with van der Waals surface area (Å²) in [6, 6.07) is 9.38. The molecule has 18 heavy (non-hydrogen) atoms. The van der Waals surface area contributed by atoms with Crippen molar-refractivity contribution in [1.29, 1.82) is 0 Å². The fraction of sp³-hybridized carbons (Fsp3) is 0.647. The van der Waals surface area contributed by atoms with Crippen LogP contribution < -0.4 is 5.32 Å². The lowest BCUT2D eigenvalue weighted by Crippen LogP contribution is -2.35. The highest BCUT2D eigenvalue weighted by atomic mass is 14.9. The molecule has 0 spiro atoms. The molecule has 0 aromatic heterocycles. The molecule has 0 heterocycles. The summed E-state index contributed by atoms with van der Waals surface area (Å²) in [5.74, 6) is 0.801. The first kappa shape index (κ1) is 15.2. The number of hydrogen-bond donors (Lipinski definition) is 1. The Morgan fingerprint density at radius 1 is 1.17 bits per heavy atom. The van der Waals surface area contributed by atoms with Crippen molar-refractivity contribution in [2.75, 3.05) is 7.05 Å². The van der Waals surface area contributed by atoms with E-state index in [9.17, 15) is 0 Å². The number of likely N-dealkylation sites (N-methyl/N-ethyl adjacent to an activating group) is 1. The molecule has 2 unspecified atom stereocenters. The minimum atomic E-state index is 0.614. The molecule has 1 nitrogen and oxygen atoms in total. The topological polar surface area (TPSA) is 12.0 Å². The molecular formula is C17H29N. The summed E-state index contributed by atoms with van der Waals surface area (Å²) in [4.78, 5) is 0. The standard InChI is InChI=1S/C17H29N/c1-5-7-11-15(6-2)17(18-4)13-16-12-9-8-10-14(16)3/h8-10,12,15,17-18H,5-7,11,13H2,1-4H3. The molecule has 1 heteroatoms. The van der Waals surface area contributed by atoms with Crippen molar-refractivity contribution in [3.05, 3.63) is 35.4 Å². The minimum Gasteiger partial charge on any atom is -0.316 e. The fourth-order valence-corrected chi connectivity index (χ4v) is 2.74. The van der Waals surface area contributed by atoms with E-state index >= 15 is 0 Å². The number of rotatable bonds is 8. The SMILES string of the molecule is CCCCC(CC)C(Cc1ccccc1C)NC. The van der Waals surface area contributed by atoms with Crippen molar-refractivity contribution in [2.24, 2.45) is 5.92 Å². The van der Waals surface area contributed by atoms with Crippen LogP contribution in [0.2, 0.25) is 0 Å². The summed E-state index contributed by atoms with van der Waals surface area (Å²) >= 11 is 0. The minimum absolute atomic E-state index is 0.614. The number of aryl methyl sites for hydroxylation is 1. The second-order valence-electron chi connectivity index (χ2n) is 5.34. The van der Waals surface area contributed by atoms with E-state index in [0.717, 1.165) is 12.3 Å². The predicted molar refractivity (Wildman–Crippen MR) is 81.0 cm³/mol. The summed E-state index contributed by atoms with van der Waals surface area (Å²) in [7, 11) is 2.11. The Hall–Kier alpha value is -0.820. The zero-order valence-corrected chi connectivity index (χ0v) is 12.5. The van der Waals surface area contributed by atoms with E-state index in [1.54, 1.807) is 0 Å². The number of nitrogens with one attached hydrogen (secondary N) is 1. The summed E-state index contributed by atoms with van der Waals surface area (Å²) in [5.41, 5.74) is 2.91. The van der Waals surface area contributed by atoms with Crippen LogP contribution in [0.4, 0.5) is 0 Å². The average molecular weight is 247 g/mol. The molecule has 102 valence electrons. The van der Waals surface area contributed by atoms with E-state index in [1.165, 1.54) is 36.8 Å². The molecule has 0 aliphatic rings. The van der Waals surface area contributed by atoms with Gasteiger partial charge in [-0.3, -0.25) is 0 Å². The molecular weight excluding hydrogens is 218 g/mol. The van der Waals surface area contributed by atoms with Crippen LogP contribution in [-0.4, -0.2) is 13.1 Å². The third kappa shape index (κ3) is 4.45. The highest BCUT2D eigenvalue weighted by Gasteiger charge is 2.18. The summed E-state index contributed by atoms with van der Waals surface area (Å²) in [5, 5.41) is 3.54. The van der Waals surface area contributed by atoms with Gasteiger partial charge >= 0.3 is 0 Å². The fourth-order valence-electron chi connectivity index (χ4n) is 2.74. The van der Waals surface area contributed by atoms with Crippen molar-refractivity contribution in [1.82, 2.24) is 5.32 Å². The quantitative estimate of drug-likeness (QED) is 0.720. The Kier molecular flexibility index (Phi) is 7.04. The Morgan fingerprint density at radius 2 is 1.89 bits per heavy atom. The summed E-state index contributed by atoms with van der Waals surface area (Å²) in [6.07, 6.45) is 6.44. The maximum Gasteiger partial charge on any atom is 0.0133 e. The van der Waals surface area contributed by atoms with Crippen molar-refractivity contribution >= 4 is 0 Å². The molecule has 0 saturated heterocycles. The van der Waals surface area contributed by atoms with E-state index < -0.39 is 0 Å². The van der Waals surface area contributed by atoms with Crippen LogP contribution in [0.3, 0.4) is 0 Å². The first-order chi connectivity index (χ1) is 8.72. The van der Waals surface area contributed by atoms with Gasteiger partial charge in [0.2, 0.25) is 0 Å². The first-order valence-electron chi connectivity index (χ1n) is 7.44. The zero-order valence-electron chi connectivity index (χ0n) is 12.5. The highest BCUT2D eigenvalue weighted by Crippen LogP contribution is 2.21. The van der Waals surface area contributed by atoms with Gasteiger partial charge in [0, 0.05) is 6.04 Å². The number of hydrogen-bond acceptors (Lipinski definition) is 1. The monoisotopic (exact) mass is 247 g/mol. The average Bonchev–Trinajstić information content (AvgIpc) is 2.40. The van der Waals surface area contributed by atoms with Gasteiger partial charge in [-0.1, -0.05) is 57.4 Å². The van der Waals surface area contributed by atoms with Gasteiger partial charge in [-0.15, -0.1) is 0 Å². The van der Waals surface area contributed by atoms with Gasteiger partial charge in [-0.05, 0) is 43.9 Å². The van der Waals surface area contributed by atoms with E-state index in [-0.39, 0.29) is 0 Å². The molecule has 1 rings (SSSR count). The molecule has 0 saturated carbocycles. The molecule has 1 aromatic rings. The van der Waals surface area contributed by atoms with E-state index in [1.807, 2.05) is 0 Å². The highest BCUT2D eigenvalue weighted by molar-refractivity contribution is 5.26. The van der Waals surface area contributed by atoms with Crippen LogP contribution in [0.5, 0.6) is 0 Å². The molecule has 0 bridgehead atoms. The Morgan fingerprint density at radius 3 is 2.44 bits per heavy atom. The van der Waals surface area contributed by atoms with Gasteiger partial charge in [0.1, 0.15) is 0 Å². The maximum atomic E-state index is 3.54. The van der Waals surface area contributed by atoms with Gasteiger partial charge in [0.05, 0.1) is 0 Å². The lowest BCUT2D eigenvalue weighted by molar-refractivity contribution is 0.330. The van der Waals surface area contributed by atoms with Crippen LogP contribution in [0.25, 0.3) is 0 Å². The van der Waals surface area contributed by atoms with E-state index in [0.29, 0.717) is 6.04 Å².